The van der Waals surface area contributed by atoms with Gasteiger partial charge < -0.3 is 4.74 Å². The quantitative estimate of drug-likeness (QED) is 0.561. The Bertz CT molecular complexity index is 645. The number of carbonyl (C=O) groups excluding carboxylic acids is 3. The highest BCUT2D eigenvalue weighted by molar-refractivity contribution is 6.19. The molecule has 134 valence electrons. The van der Waals surface area contributed by atoms with Crippen LogP contribution in [0.4, 0.5) is 4.79 Å². The Morgan fingerprint density at radius 3 is 2.24 bits per heavy atom. The third kappa shape index (κ3) is 4.47. The molecule has 0 aromatic heterocycles. The lowest BCUT2D eigenvalue weighted by Gasteiger charge is -2.33. The molecular weight excluding hydrogens is 320 g/mol. The Hall–Kier alpha value is -2.63. The van der Waals surface area contributed by atoms with Gasteiger partial charge in [0, 0.05) is 0 Å². The zero-order chi connectivity index (χ0) is 18.4. The van der Waals surface area contributed by atoms with Crippen molar-refractivity contribution in [1.82, 2.24) is 10.6 Å². The normalized spacial score (nSPS) is 16.4. The van der Waals surface area contributed by atoms with Gasteiger partial charge in [0.2, 0.25) is 11.8 Å². The van der Waals surface area contributed by atoms with Crippen LogP contribution in [0.2, 0.25) is 0 Å². The van der Waals surface area contributed by atoms with Gasteiger partial charge in [0.1, 0.15) is 11.2 Å². The minimum atomic E-state index is -1.37. The second-order valence-electron chi connectivity index (χ2n) is 6.66. The molecular formula is C19H24N2O4. The summed E-state index contributed by atoms with van der Waals surface area (Å²) in [5.74, 6) is 0.121. The molecule has 1 aliphatic rings. The number of ether oxygens (including phenoxy) is 1. The summed E-state index contributed by atoms with van der Waals surface area (Å²) in [6.07, 6.45) is 2.80. The van der Waals surface area contributed by atoms with Gasteiger partial charge in [-0.15, -0.1) is 6.58 Å². The van der Waals surface area contributed by atoms with Crippen molar-refractivity contribution >= 4 is 17.8 Å². The molecule has 1 aromatic carbocycles. The Morgan fingerprint density at radius 1 is 1.12 bits per heavy atom. The molecule has 4 amide bonds. The minimum absolute atomic E-state index is 0.143. The number of allylic oxidation sites excluding steroid dienone is 1. The highest BCUT2D eigenvalue weighted by Crippen LogP contribution is 2.31. The smallest absolute Gasteiger partial charge is 0.328 e. The van der Waals surface area contributed by atoms with Gasteiger partial charge in [0.25, 0.3) is 0 Å². The third-order valence-corrected chi connectivity index (χ3v) is 4.21. The Balaban J connectivity index is 2.12. The average molecular weight is 344 g/mol. The molecule has 6 heteroatoms. The van der Waals surface area contributed by atoms with Crippen LogP contribution in [0.15, 0.2) is 36.9 Å². The SMILES string of the molecule is C=CCC1(Cc2ccc(OCCC(C)C)cc2)C(=O)NC(=O)NC1=O. The van der Waals surface area contributed by atoms with E-state index in [4.69, 9.17) is 4.74 Å². The molecule has 6 nitrogen and oxygen atoms in total. The largest absolute Gasteiger partial charge is 0.494 e. The fourth-order valence-corrected chi connectivity index (χ4v) is 2.71. The van der Waals surface area contributed by atoms with E-state index in [1.54, 1.807) is 0 Å². The van der Waals surface area contributed by atoms with Crippen molar-refractivity contribution in [2.24, 2.45) is 11.3 Å². The van der Waals surface area contributed by atoms with Crippen molar-refractivity contribution < 1.29 is 19.1 Å². The van der Waals surface area contributed by atoms with E-state index in [1.807, 2.05) is 24.3 Å². The van der Waals surface area contributed by atoms with Gasteiger partial charge in [0.15, 0.2) is 0 Å². The molecule has 0 aliphatic carbocycles. The first-order valence-corrected chi connectivity index (χ1v) is 8.37. The van der Waals surface area contributed by atoms with Crippen LogP contribution in [0, 0.1) is 11.3 Å². The number of rotatable bonds is 8. The molecule has 0 radical (unpaired) electrons. The van der Waals surface area contributed by atoms with E-state index in [2.05, 4.69) is 31.1 Å². The van der Waals surface area contributed by atoms with Crippen molar-refractivity contribution in [3.8, 4) is 5.75 Å². The summed E-state index contributed by atoms with van der Waals surface area (Å²) in [6.45, 7) is 8.54. The van der Waals surface area contributed by atoms with Gasteiger partial charge in [-0.25, -0.2) is 4.79 Å². The number of benzene rings is 1. The van der Waals surface area contributed by atoms with Crippen molar-refractivity contribution in [3.63, 3.8) is 0 Å². The first-order valence-electron chi connectivity index (χ1n) is 8.37. The molecule has 2 N–H and O–H groups in total. The molecule has 0 spiro atoms. The van der Waals surface area contributed by atoms with E-state index in [-0.39, 0.29) is 12.8 Å². The highest BCUT2D eigenvalue weighted by Gasteiger charge is 2.49. The lowest BCUT2D eigenvalue weighted by atomic mass is 9.76. The third-order valence-electron chi connectivity index (χ3n) is 4.21. The molecule has 1 saturated heterocycles. The van der Waals surface area contributed by atoms with Crippen molar-refractivity contribution in [3.05, 3.63) is 42.5 Å². The van der Waals surface area contributed by atoms with Crippen LogP contribution in [-0.2, 0) is 16.0 Å². The number of amides is 4. The van der Waals surface area contributed by atoms with E-state index >= 15 is 0 Å². The lowest BCUT2D eigenvalue weighted by Crippen LogP contribution is -2.63. The van der Waals surface area contributed by atoms with Gasteiger partial charge in [0.05, 0.1) is 6.61 Å². The first-order chi connectivity index (χ1) is 11.9. The van der Waals surface area contributed by atoms with E-state index in [0.717, 1.165) is 17.7 Å². The van der Waals surface area contributed by atoms with Crippen LogP contribution in [0.3, 0.4) is 0 Å². The Morgan fingerprint density at radius 2 is 1.72 bits per heavy atom. The standard InChI is InChI=1S/C19H24N2O4/c1-4-10-19(16(22)20-18(24)21-17(19)23)12-14-5-7-15(8-6-14)25-11-9-13(2)3/h4-8,13H,1,9-12H2,2-3H3,(H2,20,21,22,23,24). The number of nitrogens with one attached hydrogen (secondary N) is 2. The van der Waals surface area contributed by atoms with Crippen LogP contribution in [0.5, 0.6) is 5.75 Å². The predicted molar refractivity (Wildman–Crippen MR) is 94.0 cm³/mol. The molecule has 0 unspecified atom stereocenters. The summed E-state index contributed by atoms with van der Waals surface area (Å²) in [7, 11) is 0. The summed E-state index contributed by atoms with van der Waals surface area (Å²) in [5.41, 5.74) is -0.562. The maximum Gasteiger partial charge on any atom is 0.328 e. The minimum Gasteiger partial charge on any atom is -0.494 e. The molecule has 1 aromatic rings. The first kappa shape index (κ1) is 18.7. The fourth-order valence-electron chi connectivity index (χ4n) is 2.71. The molecule has 25 heavy (non-hydrogen) atoms. The van der Waals surface area contributed by atoms with E-state index < -0.39 is 23.3 Å². The van der Waals surface area contributed by atoms with E-state index in [0.29, 0.717) is 12.5 Å². The molecule has 1 heterocycles. The number of hydrogen-bond acceptors (Lipinski definition) is 4. The average Bonchev–Trinajstić information content (AvgIpc) is 2.54. The second-order valence-corrected chi connectivity index (χ2v) is 6.66. The predicted octanol–water partition coefficient (Wildman–Crippen LogP) is 2.58. The number of hydrogen-bond donors (Lipinski definition) is 2. The number of imide groups is 2. The summed E-state index contributed by atoms with van der Waals surface area (Å²) >= 11 is 0. The van der Waals surface area contributed by atoms with Gasteiger partial charge in [-0.2, -0.15) is 0 Å². The van der Waals surface area contributed by atoms with Gasteiger partial charge in [-0.05, 0) is 42.9 Å². The van der Waals surface area contributed by atoms with Crippen LogP contribution < -0.4 is 15.4 Å². The number of barbiturate groups is 1. The van der Waals surface area contributed by atoms with Gasteiger partial charge in [-0.1, -0.05) is 32.1 Å². The number of carbonyl (C=O) groups is 3. The maximum atomic E-state index is 12.3. The Labute approximate surface area is 147 Å². The van der Waals surface area contributed by atoms with Crippen LogP contribution in [-0.4, -0.2) is 24.5 Å². The van der Waals surface area contributed by atoms with Crippen LogP contribution >= 0.6 is 0 Å². The fraction of sp³-hybridized carbons (Fsp3) is 0.421. The zero-order valence-corrected chi connectivity index (χ0v) is 14.6. The summed E-state index contributed by atoms with van der Waals surface area (Å²) in [5, 5.41) is 4.35. The zero-order valence-electron chi connectivity index (χ0n) is 14.6. The maximum absolute atomic E-state index is 12.3. The summed E-state index contributed by atoms with van der Waals surface area (Å²) in [4.78, 5) is 36.0. The van der Waals surface area contributed by atoms with E-state index in [9.17, 15) is 14.4 Å². The molecule has 2 rings (SSSR count). The van der Waals surface area contributed by atoms with Gasteiger partial charge in [-0.3, -0.25) is 20.2 Å². The van der Waals surface area contributed by atoms with Crippen molar-refractivity contribution in [1.29, 1.82) is 0 Å². The topological polar surface area (TPSA) is 84.5 Å². The highest BCUT2D eigenvalue weighted by atomic mass is 16.5. The Kier molecular flexibility index (Phi) is 5.96. The molecule has 1 aliphatic heterocycles. The van der Waals surface area contributed by atoms with Crippen LogP contribution in [0.25, 0.3) is 0 Å². The van der Waals surface area contributed by atoms with Gasteiger partial charge >= 0.3 is 6.03 Å². The molecule has 1 fully saturated rings. The second kappa shape index (κ2) is 7.96. The monoisotopic (exact) mass is 344 g/mol. The lowest BCUT2D eigenvalue weighted by molar-refractivity contribution is -0.144. The number of urea groups is 1. The molecule has 0 saturated carbocycles. The summed E-state index contributed by atoms with van der Waals surface area (Å²) < 4.78 is 5.67. The van der Waals surface area contributed by atoms with Crippen molar-refractivity contribution in [2.45, 2.75) is 33.1 Å². The van der Waals surface area contributed by atoms with Crippen LogP contribution in [0.1, 0.15) is 32.3 Å². The summed E-state index contributed by atoms with van der Waals surface area (Å²) in [6, 6.07) is 6.50. The van der Waals surface area contributed by atoms with Crippen molar-refractivity contribution in [2.75, 3.05) is 6.61 Å². The molecule has 0 atom stereocenters. The van der Waals surface area contributed by atoms with E-state index in [1.165, 1.54) is 6.08 Å². The molecule has 0 bridgehead atoms.